The van der Waals surface area contributed by atoms with Crippen LogP contribution in [0.15, 0.2) is 42.5 Å². The molecule has 1 amide bonds. The van der Waals surface area contributed by atoms with Crippen LogP contribution in [0.5, 0.6) is 5.75 Å². The van der Waals surface area contributed by atoms with E-state index in [1.54, 1.807) is 37.3 Å². The lowest BCUT2D eigenvalue weighted by molar-refractivity contribution is -0.122. The number of hydrogen-bond donors (Lipinski definition) is 2. The molecular formula is C16H17ClN2O2. The summed E-state index contributed by atoms with van der Waals surface area (Å²) >= 11 is 5.88. The Morgan fingerprint density at radius 3 is 2.67 bits per heavy atom. The number of ether oxygens (including phenoxy) is 1. The van der Waals surface area contributed by atoms with Gasteiger partial charge in [0, 0.05) is 5.02 Å². The Balaban J connectivity index is 2.06. The van der Waals surface area contributed by atoms with Crippen LogP contribution in [0.2, 0.25) is 5.02 Å². The van der Waals surface area contributed by atoms with Crippen LogP contribution in [-0.2, 0) is 4.79 Å². The molecule has 5 heteroatoms. The Kier molecular flexibility index (Phi) is 4.70. The summed E-state index contributed by atoms with van der Waals surface area (Å²) in [7, 11) is 0. The smallest absolute Gasteiger partial charge is 0.265 e. The molecule has 110 valence electrons. The second kappa shape index (κ2) is 6.50. The molecule has 0 aliphatic carbocycles. The van der Waals surface area contributed by atoms with E-state index in [-0.39, 0.29) is 5.91 Å². The number of aryl methyl sites for hydroxylation is 1. The highest BCUT2D eigenvalue weighted by Crippen LogP contribution is 2.23. The van der Waals surface area contributed by atoms with E-state index in [2.05, 4.69) is 5.32 Å². The van der Waals surface area contributed by atoms with Gasteiger partial charge in [0.15, 0.2) is 6.10 Å². The van der Waals surface area contributed by atoms with Gasteiger partial charge in [0.25, 0.3) is 5.91 Å². The summed E-state index contributed by atoms with van der Waals surface area (Å²) in [6.07, 6.45) is -0.664. The van der Waals surface area contributed by atoms with E-state index in [4.69, 9.17) is 22.1 Å². The van der Waals surface area contributed by atoms with Crippen molar-refractivity contribution in [3.63, 3.8) is 0 Å². The molecule has 2 rings (SSSR count). The zero-order valence-corrected chi connectivity index (χ0v) is 12.6. The second-order valence-corrected chi connectivity index (χ2v) is 5.18. The first-order chi connectivity index (χ1) is 9.97. The number of carbonyl (C=O) groups is 1. The van der Waals surface area contributed by atoms with Crippen LogP contribution in [-0.4, -0.2) is 12.0 Å². The van der Waals surface area contributed by atoms with Crippen molar-refractivity contribution >= 4 is 28.9 Å². The number of hydrogen-bond acceptors (Lipinski definition) is 3. The van der Waals surface area contributed by atoms with E-state index in [0.29, 0.717) is 22.1 Å². The van der Waals surface area contributed by atoms with E-state index in [1.165, 1.54) is 0 Å². The molecular weight excluding hydrogens is 288 g/mol. The molecule has 4 nitrogen and oxygen atoms in total. The van der Waals surface area contributed by atoms with Gasteiger partial charge < -0.3 is 15.8 Å². The highest BCUT2D eigenvalue weighted by atomic mass is 35.5. The fraction of sp³-hybridized carbons (Fsp3) is 0.188. The zero-order valence-electron chi connectivity index (χ0n) is 11.9. The van der Waals surface area contributed by atoms with Gasteiger partial charge in [-0.2, -0.15) is 0 Å². The molecule has 3 N–H and O–H groups in total. The van der Waals surface area contributed by atoms with Gasteiger partial charge in [0.1, 0.15) is 5.75 Å². The van der Waals surface area contributed by atoms with Crippen LogP contribution in [0.4, 0.5) is 11.4 Å². The van der Waals surface area contributed by atoms with E-state index >= 15 is 0 Å². The minimum Gasteiger partial charge on any atom is -0.481 e. The predicted octanol–water partition coefficient (Wildman–Crippen LogP) is 3.64. The molecule has 2 aromatic carbocycles. The average molecular weight is 305 g/mol. The zero-order chi connectivity index (χ0) is 15.4. The lowest BCUT2D eigenvalue weighted by atomic mass is 10.1. The maximum atomic E-state index is 12.2. The van der Waals surface area contributed by atoms with Crippen molar-refractivity contribution in [1.29, 1.82) is 0 Å². The monoisotopic (exact) mass is 304 g/mol. The molecule has 1 unspecified atom stereocenters. The van der Waals surface area contributed by atoms with Gasteiger partial charge >= 0.3 is 0 Å². The third-order valence-corrected chi connectivity index (χ3v) is 3.27. The Hall–Kier alpha value is -2.20. The maximum Gasteiger partial charge on any atom is 0.265 e. The summed E-state index contributed by atoms with van der Waals surface area (Å²) in [4.78, 5) is 12.2. The van der Waals surface area contributed by atoms with Gasteiger partial charge in [0.05, 0.1) is 11.4 Å². The normalized spacial score (nSPS) is 11.8. The SMILES string of the molecule is Cc1cccc(N)c1NC(=O)C(C)Oc1cccc(Cl)c1. The molecule has 0 heterocycles. The van der Waals surface area contributed by atoms with E-state index < -0.39 is 6.10 Å². The number of nitrogens with two attached hydrogens (primary N) is 1. The molecule has 0 aliphatic heterocycles. The van der Waals surface area contributed by atoms with Crippen molar-refractivity contribution in [3.8, 4) is 5.75 Å². The maximum absolute atomic E-state index is 12.2. The molecule has 0 radical (unpaired) electrons. The Morgan fingerprint density at radius 1 is 1.29 bits per heavy atom. The van der Waals surface area contributed by atoms with Crippen molar-refractivity contribution in [1.82, 2.24) is 0 Å². The Labute approximate surface area is 128 Å². The number of benzene rings is 2. The second-order valence-electron chi connectivity index (χ2n) is 4.75. The van der Waals surface area contributed by atoms with Crippen LogP contribution in [0.1, 0.15) is 12.5 Å². The first-order valence-electron chi connectivity index (χ1n) is 6.55. The van der Waals surface area contributed by atoms with Gasteiger partial charge in [0.2, 0.25) is 0 Å². The van der Waals surface area contributed by atoms with E-state index in [1.807, 2.05) is 19.1 Å². The lowest BCUT2D eigenvalue weighted by Crippen LogP contribution is -2.30. The van der Waals surface area contributed by atoms with Crippen LogP contribution in [0, 0.1) is 6.92 Å². The van der Waals surface area contributed by atoms with Crippen molar-refractivity contribution in [2.45, 2.75) is 20.0 Å². The standard InChI is InChI=1S/C16H17ClN2O2/c1-10-5-3-8-14(18)15(10)19-16(20)11(2)21-13-7-4-6-12(17)9-13/h3-9,11H,18H2,1-2H3,(H,19,20). The summed E-state index contributed by atoms with van der Waals surface area (Å²) in [5, 5.41) is 3.35. The number of nitrogens with one attached hydrogen (secondary N) is 1. The van der Waals surface area contributed by atoms with Gasteiger partial charge in [-0.05, 0) is 43.7 Å². The average Bonchev–Trinajstić information content (AvgIpc) is 2.43. The minimum absolute atomic E-state index is 0.268. The number of amides is 1. The van der Waals surface area contributed by atoms with Crippen LogP contribution in [0.3, 0.4) is 0 Å². The largest absolute Gasteiger partial charge is 0.481 e. The molecule has 0 bridgehead atoms. The third kappa shape index (κ3) is 3.89. The topological polar surface area (TPSA) is 64.3 Å². The minimum atomic E-state index is -0.664. The van der Waals surface area contributed by atoms with Crippen LogP contribution < -0.4 is 15.8 Å². The van der Waals surface area contributed by atoms with Crippen molar-refractivity contribution in [2.24, 2.45) is 0 Å². The van der Waals surface area contributed by atoms with E-state index in [0.717, 1.165) is 5.56 Å². The lowest BCUT2D eigenvalue weighted by Gasteiger charge is -2.17. The molecule has 0 spiro atoms. The number of rotatable bonds is 4. The van der Waals surface area contributed by atoms with Gasteiger partial charge in [-0.15, -0.1) is 0 Å². The van der Waals surface area contributed by atoms with Crippen LogP contribution >= 0.6 is 11.6 Å². The fourth-order valence-electron chi connectivity index (χ4n) is 1.88. The van der Waals surface area contributed by atoms with Gasteiger partial charge in [-0.1, -0.05) is 29.8 Å². The number of para-hydroxylation sites is 1. The van der Waals surface area contributed by atoms with Crippen molar-refractivity contribution < 1.29 is 9.53 Å². The van der Waals surface area contributed by atoms with Crippen molar-refractivity contribution in [3.05, 3.63) is 53.1 Å². The number of anilines is 2. The first kappa shape index (κ1) is 15.2. The Morgan fingerprint density at radius 2 is 2.00 bits per heavy atom. The molecule has 21 heavy (non-hydrogen) atoms. The predicted molar refractivity (Wildman–Crippen MR) is 85.8 cm³/mol. The molecule has 2 aromatic rings. The first-order valence-corrected chi connectivity index (χ1v) is 6.93. The highest BCUT2D eigenvalue weighted by Gasteiger charge is 2.17. The third-order valence-electron chi connectivity index (χ3n) is 3.03. The number of nitrogen functional groups attached to an aromatic ring is 1. The molecule has 1 atom stereocenters. The summed E-state index contributed by atoms with van der Waals surface area (Å²) < 4.78 is 5.57. The highest BCUT2D eigenvalue weighted by molar-refractivity contribution is 6.30. The van der Waals surface area contributed by atoms with E-state index in [9.17, 15) is 4.79 Å². The summed E-state index contributed by atoms with van der Waals surface area (Å²) in [5.41, 5.74) is 7.91. The fourth-order valence-corrected chi connectivity index (χ4v) is 2.06. The quantitative estimate of drug-likeness (QED) is 0.848. The molecule has 0 saturated heterocycles. The van der Waals surface area contributed by atoms with Gasteiger partial charge in [-0.3, -0.25) is 4.79 Å². The number of halogens is 1. The van der Waals surface area contributed by atoms with Crippen LogP contribution in [0.25, 0.3) is 0 Å². The van der Waals surface area contributed by atoms with Crippen molar-refractivity contribution in [2.75, 3.05) is 11.1 Å². The number of carbonyl (C=O) groups excluding carboxylic acids is 1. The molecule has 0 saturated carbocycles. The summed E-state index contributed by atoms with van der Waals surface area (Å²) in [6.45, 7) is 3.55. The molecule has 0 fully saturated rings. The summed E-state index contributed by atoms with van der Waals surface area (Å²) in [5.74, 6) is 0.277. The summed E-state index contributed by atoms with van der Waals surface area (Å²) in [6, 6.07) is 12.4. The molecule has 0 aromatic heterocycles. The molecule has 0 aliphatic rings. The Bertz CT molecular complexity index is 638. The van der Waals surface area contributed by atoms with Gasteiger partial charge in [-0.25, -0.2) is 0 Å².